The first-order chi connectivity index (χ1) is 7.49. The second-order valence-electron chi connectivity index (χ2n) is 4.34. The lowest BCUT2D eigenvalue weighted by molar-refractivity contribution is -0.197. The van der Waals surface area contributed by atoms with E-state index in [-0.39, 0.29) is 6.54 Å². The van der Waals surface area contributed by atoms with Crippen LogP contribution in [0.25, 0.3) is 0 Å². The topological polar surface area (TPSA) is 6.48 Å². The molecule has 0 bridgehead atoms. The van der Waals surface area contributed by atoms with Crippen LogP contribution in [0.3, 0.4) is 0 Å². The van der Waals surface area contributed by atoms with Crippen molar-refractivity contribution in [3.63, 3.8) is 0 Å². The Bertz CT molecular complexity index is 206. The van der Waals surface area contributed by atoms with Gasteiger partial charge in [-0.05, 0) is 19.5 Å². The maximum absolute atomic E-state index is 12.9. The third-order valence-corrected chi connectivity index (χ3v) is 3.20. The number of halogens is 3. The van der Waals surface area contributed by atoms with Gasteiger partial charge in [-0.2, -0.15) is 13.2 Å². The second kappa shape index (κ2) is 5.87. The molecule has 96 valence electrons. The SMILES string of the molecule is CCCCN1CCN(CC)CC1C(F)(F)F. The molecule has 0 N–H and O–H groups in total. The van der Waals surface area contributed by atoms with E-state index in [1.807, 2.05) is 18.7 Å². The van der Waals surface area contributed by atoms with E-state index < -0.39 is 12.2 Å². The molecule has 1 unspecified atom stereocenters. The second-order valence-corrected chi connectivity index (χ2v) is 4.34. The van der Waals surface area contributed by atoms with Crippen molar-refractivity contribution in [3.05, 3.63) is 0 Å². The molecule has 0 aromatic rings. The van der Waals surface area contributed by atoms with Crippen LogP contribution in [0.15, 0.2) is 0 Å². The monoisotopic (exact) mass is 238 g/mol. The van der Waals surface area contributed by atoms with Crippen LogP contribution in [0.1, 0.15) is 26.7 Å². The molecule has 0 aromatic heterocycles. The Kier molecular flexibility index (Phi) is 5.05. The Morgan fingerprint density at radius 3 is 2.38 bits per heavy atom. The zero-order valence-corrected chi connectivity index (χ0v) is 10.1. The van der Waals surface area contributed by atoms with E-state index in [0.29, 0.717) is 19.6 Å². The molecule has 0 spiro atoms. The summed E-state index contributed by atoms with van der Waals surface area (Å²) in [5, 5.41) is 0. The summed E-state index contributed by atoms with van der Waals surface area (Å²) < 4.78 is 38.6. The van der Waals surface area contributed by atoms with Crippen molar-refractivity contribution in [1.82, 2.24) is 9.80 Å². The van der Waals surface area contributed by atoms with Crippen LogP contribution in [0.4, 0.5) is 13.2 Å². The molecule has 1 rings (SSSR count). The summed E-state index contributed by atoms with van der Waals surface area (Å²) in [7, 11) is 0. The molecular formula is C11H21F3N2. The van der Waals surface area contributed by atoms with E-state index in [2.05, 4.69) is 0 Å². The first-order valence-corrected chi connectivity index (χ1v) is 6.02. The van der Waals surface area contributed by atoms with E-state index in [9.17, 15) is 13.2 Å². The molecule has 1 fully saturated rings. The van der Waals surface area contributed by atoms with Crippen LogP contribution in [0.2, 0.25) is 0 Å². The molecule has 1 atom stereocenters. The van der Waals surface area contributed by atoms with Gasteiger partial charge in [0.1, 0.15) is 6.04 Å². The van der Waals surface area contributed by atoms with Crippen molar-refractivity contribution in [3.8, 4) is 0 Å². The molecule has 1 aliphatic heterocycles. The normalized spacial score (nSPS) is 24.9. The minimum absolute atomic E-state index is 0.129. The first-order valence-electron chi connectivity index (χ1n) is 6.02. The van der Waals surface area contributed by atoms with Gasteiger partial charge in [0.2, 0.25) is 0 Å². The molecule has 1 aliphatic rings. The van der Waals surface area contributed by atoms with Crippen molar-refractivity contribution < 1.29 is 13.2 Å². The van der Waals surface area contributed by atoms with E-state index in [0.717, 1.165) is 19.4 Å². The minimum Gasteiger partial charge on any atom is -0.300 e. The molecule has 0 aliphatic carbocycles. The molecule has 1 heterocycles. The highest BCUT2D eigenvalue weighted by Gasteiger charge is 2.45. The smallest absolute Gasteiger partial charge is 0.300 e. The number of alkyl halides is 3. The van der Waals surface area contributed by atoms with Gasteiger partial charge < -0.3 is 4.90 Å². The van der Waals surface area contributed by atoms with E-state index in [4.69, 9.17) is 0 Å². The fourth-order valence-corrected chi connectivity index (χ4v) is 2.10. The summed E-state index contributed by atoms with van der Waals surface area (Å²) in [6.45, 7) is 6.61. The van der Waals surface area contributed by atoms with Crippen LogP contribution in [0, 0.1) is 0 Å². The van der Waals surface area contributed by atoms with Crippen molar-refractivity contribution in [2.45, 2.75) is 38.9 Å². The number of likely N-dealkylation sites (N-methyl/N-ethyl adjacent to an activating group) is 1. The summed E-state index contributed by atoms with van der Waals surface area (Å²) in [6.07, 6.45) is -2.31. The van der Waals surface area contributed by atoms with Crippen molar-refractivity contribution in [2.24, 2.45) is 0 Å². The van der Waals surface area contributed by atoms with E-state index in [1.165, 1.54) is 0 Å². The first kappa shape index (κ1) is 13.8. The Hall–Kier alpha value is -0.290. The zero-order valence-electron chi connectivity index (χ0n) is 10.1. The number of hydrogen-bond acceptors (Lipinski definition) is 2. The van der Waals surface area contributed by atoms with Crippen LogP contribution in [-0.4, -0.2) is 54.7 Å². The molecular weight excluding hydrogens is 217 g/mol. The van der Waals surface area contributed by atoms with Gasteiger partial charge in [-0.3, -0.25) is 4.90 Å². The van der Waals surface area contributed by atoms with Crippen LogP contribution in [-0.2, 0) is 0 Å². The van der Waals surface area contributed by atoms with Gasteiger partial charge in [0.25, 0.3) is 0 Å². The Labute approximate surface area is 95.4 Å². The minimum atomic E-state index is -4.10. The van der Waals surface area contributed by atoms with Gasteiger partial charge >= 0.3 is 6.18 Å². The van der Waals surface area contributed by atoms with E-state index in [1.54, 1.807) is 4.90 Å². The van der Waals surface area contributed by atoms with Gasteiger partial charge in [0.05, 0.1) is 0 Å². The summed E-state index contributed by atoms with van der Waals surface area (Å²) in [4.78, 5) is 3.47. The quantitative estimate of drug-likeness (QED) is 0.742. The van der Waals surface area contributed by atoms with Crippen molar-refractivity contribution in [1.29, 1.82) is 0 Å². The van der Waals surface area contributed by atoms with Gasteiger partial charge in [-0.15, -0.1) is 0 Å². The molecule has 0 aromatic carbocycles. The third-order valence-electron chi connectivity index (χ3n) is 3.20. The number of nitrogens with zero attached hydrogens (tertiary/aromatic N) is 2. The molecule has 0 radical (unpaired) electrons. The summed E-state index contributed by atoms with van der Waals surface area (Å²) in [6, 6.07) is -1.27. The Balaban J connectivity index is 2.60. The lowest BCUT2D eigenvalue weighted by atomic mass is 10.1. The van der Waals surface area contributed by atoms with Crippen molar-refractivity contribution >= 4 is 0 Å². The van der Waals surface area contributed by atoms with Crippen LogP contribution < -0.4 is 0 Å². The highest BCUT2D eigenvalue weighted by molar-refractivity contribution is 4.86. The number of rotatable bonds is 4. The average molecular weight is 238 g/mol. The van der Waals surface area contributed by atoms with E-state index >= 15 is 0 Å². The highest BCUT2D eigenvalue weighted by atomic mass is 19.4. The van der Waals surface area contributed by atoms with Gasteiger partial charge in [0, 0.05) is 19.6 Å². The van der Waals surface area contributed by atoms with Crippen LogP contribution in [0.5, 0.6) is 0 Å². The maximum Gasteiger partial charge on any atom is 0.405 e. The summed E-state index contributed by atoms with van der Waals surface area (Å²) >= 11 is 0. The molecule has 0 saturated carbocycles. The highest BCUT2D eigenvalue weighted by Crippen LogP contribution is 2.28. The Morgan fingerprint density at radius 1 is 1.19 bits per heavy atom. The zero-order chi connectivity index (χ0) is 12.2. The standard InChI is InChI=1S/C11H21F3N2/c1-3-5-6-16-8-7-15(4-2)9-10(16)11(12,13)14/h10H,3-9H2,1-2H3. The molecule has 16 heavy (non-hydrogen) atoms. The molecule has 2 nitrogen and oxygen atoms in total. The maximum atomic E-state index is 12.9. The average Bonchev–Trinajstić information content (AvgIpc) is 2.25. The molecule has 1 saturated heterocycles. The predicted octanol–water partition coefficient (Wildman–Crippen LogP) is 2.35. The summed E-state index contributed by atoms with van der Waals surface area (Å²) in [5.41, 5.74) is 0. The largest absolute Gasteiger partial charge is 0.405 e. The van der Waals surface area contributed by atoms with Gasteiger partial charge in [0.15, 0.2) is 0 Å². The Morgan fingerprint density at radius 2 is 1.88 bits per heavy atom. The van der Waals surface area contributed by atoms with Gasteiger partial charge in [-0.25, -0.2) is 0 Å². The molecule has 5 heteroatoms. The number of piperazine rings is 1. The fourth-order valence-electron chi connectivity index (χ4n) is 2.10. The lowest BCUT2D eigenvalue weighted by Gasteiger charge is -2.41. The molecule has 0 amide bonds. The van der Waals surface area contributed by atoms with Crippen LogP contribution >= 0.6 is 0 Å². The summed E-state index contributed by atoms with van der Waals surface area (Å²) in [5.74, 6) is 0. The number of unbranched alkanes of at least 4 members (excludes halogenated alkanes) is 1. The van der Waals surface area contributed by atoms with Crippen molar-refractivity contribution in [2.75, 3.05) is 32.7 Å². The predicted molar refractivity (Wildman–Crippen MR) is 58.4 cm³/mol. The van der Waals surface area contributed by atoms with Gasteiger partial charge in [-0.1, -0.05) is 20.3 Å². The lowest BCUT2D eigenvalue weighted by Crippen LogP contribution is -2.58. The fraction of sp³-hybridized carbons (Fsp3) is 1.00. The number of hydrogen-bond donors (Lipinski definition) is 0. The third kappa shape index (κ3) is 3.63.